The maximum absolute atomic E-state index is 12.8. The van der Waals surface area contributed by atoms with Gasteiger partial charge in [0, 0.05) is 22.6 Å². The van der Waals surface area contributed by atoms with E-state index in [9.17, 15) is 22.8 Å². The molecule has 1 heterocycles. The lowest BCUT2D eigenvalue weighted by Crippen LogP contribution is -2.28. The summed E-state index contributed by atoms with van der Waals surface area (Å²) in [6, 6.07) is 4.79. The molecule has 22 heavy (non-hydrogen) atoms. The molecule has 0 atom stereocenters. The second-order valence-electron chi connectivity index (χ2n) is 4.27. The number of rotatable bonds is 3. The van der Waals surface area contributed by atoms with Crippen molar-refractivity contribution >= 4 is 27.5 Å². The van der Waals surface area contributed by atoms with Crippen LogP contribution < -0.4 is 11.0 Å². The summed E-state index contributed by atoms with van der Waals surface area (Å²) in [5.41, 5.74) is -1.54. The van der Waals surface area contributed by atoms with Gasteiger partial charge in [0.25, 0.3) is 0 Å². The van der Waals surface area contributed by atoms with E-state index in [0.29, 0.717) is 0 Å². The molecule has 0 saturated carbocycles. The molecule has 1 amide bonds. The van der Waals surface area contributed by atoms with Gasteiger partial charge in [0.05, 0.1) is 5.56 Å². The highest BCUT2D eigenvalue weighted by Gasteiger charge is 2.33. The fourth-order valence-electron chi connectivity index (χ4n) is 1.68. The number of halogens is 4. The first-order chi connectivity index (χ1) is 10.3. The molecule has 0 aliphatic rings. The van der Waals surface area contributed by atoms with E-state index < -0.39 is 23.3 Å². The van der Waals surface area contributed by atoms with Crippen molar-refractivity contribution in [1.29, 1.82) is 0 Å². The van der Waals surface area contributed by atoms with Crippen molar-refractivity contribution in [2.75, 3.05) is 5.32 Å². The minimum Gasteiger partial charge on any atom is -0.325 e. The van der Waals surface area contributed by atoms with Gasteiger partial charge in [-0.05, 0) is 24.3 Å². The van der Waals surface area contributed by atoms with Gasteiger partial charge >= 0.3 is 11.9 Å². The summed E-state index contributed by atoms with van der Waals surface area (Å²) in [5, 5.41) is 2.31. The smallest absolute Gasteiger partial charge is 0.325 e. The Balaban J connectivity index is 2.16. The first-order valence-electron chi connectivity index (χ1n) is 5.95. The topological polar surface area (TPSA) is 64.0 Å². The quantitative estimate of drug-likeness (QED) is 0.896. The van der Waals surface area contributed by atoms with Crippen LogP contribution in [0.5, 0.6) is 0 Å². The molecule has 1 aromatic heterocycles. The lowest BCUT2D eigenvalue weighted by molar-refractivity contribution is -0.138. The molecular weight excluding hydrogens is 367 g/mol. The van der Waals surface area contributed by atoms with Crippen LogP contribution in [0.1, 0.15) is 5.56 Å². The van der Waals surface area contributed by atoms with Crippen LogP contribution in [0.25, 0.3) is 0 Å². The van der Waals surface area contributed by atoms with Gasteiger partial charge in [0.2, 0.25) is 5.91 Å². The van der Waals surface area contributed by atoms with Crippen molar-refractivity contribution in [3.05, 3.63) is 57.2 Å². The molecule has 116 valence electrons. The van der Waals surface area contributed by atoms with Gasteiger partial charge in [-0.1, -0.05) is 15.9 Å². The SMILES string of the molecule is O=C(Cn1cccnc1=O)Nc1ccc(Br)c(C(F)(F)F)c1. The molecule has 2 aromatic rings. The Morgan fingerprint density at radius 2 is 2.09 bits per heavy atom. The van der Waals surface area contributed by atoms with Crippen LogP contribution in [0, 0.1) is 0 Å². The zero-order valence-corrected chi connectivity index (χ0v) is 12.5. The first kappa shape index (κ1) is 16.2. The third-order valence-electron chi connectivity index (χ3n) is 2.65. The summed E-state index contributed by atoms with van der Waals surface area (Å²) in [5.74, 6) is -0.634. The zero-order chi connectivity index (χ0) is 16.3. The van der Waals surface area contributed by atoms with Gasteiger partial charge in [0.1, 0.15) is 6.54 Å². The minimum atomic E-state index is -4.54. The summed E-state index contributed by atoms with van der Waals surface area (Å²) in [6.07, 6.45) is -1.90. The number of carbonyl (C=O) groups is 1. The second kappa shape index (κ2) is 6.30. The number of aromatic nitrogens is 2. The highest BCUT2D eigenvalue weighted by atomic mass is 79.9. The van der Waals surface area contributed by atoms with Crippen LogP contribution in [-0.4, -0.2) is 15.5 Å². The summed E-state index contributed by atoms with van der Waals surface area (Å²) in [4.78, 5) is 26.6. The summed E-state index contributed by atoms with van der Waals surface area (Å²) in [6.45, 7) is -0.343. The van der Waals surface area contributed by atoms with E-state index in [1.807, 2.05) is 0 Å². The number of nitrogens with one attached hydrogen (secondary N) is 1. The Morgan fingerprint density at radius 3 is 2.73 bits per heavy atom. The van der Waals surface area contributed by atoms with Crippen molar-refractivity contribution in [1.82, 2.24) is 9.55 Å². The Kier molecular flexibility index (Phi) is 4.65. The molecule has 0 radical (unpaired) electrons. The molecule has 0 spiro atoms. The van der Waals surface area contributed by atoms with E-state index in [-0.39, 0.29) is 16.7 Å². The molecule has 0 saturated heterocycles. The van der Waals surface area contributed by atoms with E-state index in [4.69, 9.17) is 0 Å². The molecule has 1 aromatic carbocycles. The highest BCUT2D eigenvalue weighted by molar-refractivity contribution is 9.10. The zero-order valence-electron chi connectivity index (χ0n) is 10.9. The molecule has 0 bridgehead atoms. The fourth-order valence-corrected chi connectivity index (χ4v) is 2.15. The monoisotopic (exact) mass is 375 g/mol. The van der Waals surface area contributed by atoms with Gasteiger partial charge in [-0.2, -0.15) is 13.2 Å². The van der Waals surface area contributed by atoms with E-state index in [0.717, 1.165) is 10.6 Å². The number of nitrogens with zero attached hydrogens (tertiary/aromatic N) is 2. The molecular formula is C13H9BrF3N3O2. The highest BCUT2D eigenvalue weighted by Crippen LogP contribution is 2.36. The van der Waals surface area contributed by atoms with Gasteiger partial charge in [-0.15, -0.1) is 0 Å². The van der Waals surface area contributed by atoms with Crippen molar-refractivity contribution in [3.63, 3.8) is 0 Å². The lowest BCUT2D eigenvalue weighted by Gasteiger charge is -2.12. The summed E-state index contributed by atoms with van der Waals surface area (Å²) < 4.78 is 39.2. The third-order valence-corrected chi connectivity index (χ3v) is 3.34. The number of alkyl halides is 3. The molecule has 0 aliphatic heterocycles. The minimum absolute atomic E-state index is 0.0162. The molecule has 0 unspecified atom stereocenters. The average Bonchev–Trinajstić information content (AvgIpc) is 2.42. The maximum atomic E-state index is 12.8. The Morgan fingerprint density at radius 1 is 1.36 bits per heavy atom. The van der Waals surface area contributed by atoms with Gasteiger partial charge in [0.15, 0.2) is 0 Å². The van der Waals surface area contributed by atoms with Crippen LogP contribution in [0.2, 0.25) is 0 Å². The second-order valence-corrected chi connectivity index (χ2v) is 5.13. The standard InChI is InChI=1S/C13H9BrF3N3O2/c14-10-3-2-8(6-9(10)13(15,16)17)19-11(21)7-20-5-1-4-18-12(20)22/h1-6H,7H2,(H,19,21). The van der Waals surface area contributed by atoms with Crippen molar-refractivity contribution in [2.45, 2.75) is 12.7 Å². The summed E-state index contributed by atoms with van der Waals surface area (Å²) >= 11 is 2.81. The maximum Gasteiger partial charge on any atom is 0.417 e. The first-order valence-corrected chi connectivity index (χ1v) is 6.75. The lowest BCUT2D eigenvalue weighted by atomic mass is 10.2. The van der Waals surface area contributed by atoms with E-state index in [1.165, 1.54) is 30.6 Å². The Bertz CT molecular complexity index is 759. The number of benzene rings is 1. The van der Waals surface area contributed by atoms with Crippen LogP contribution in [0.4, 0.5) is 18.9 Å². The van der Waals surface area contributed by atoms with Crippen molar-refractivity contribution in [2.24, 2.45) is 0 Å². The molecule has 5 nitrogen and oxygen atoms in total. The predicted molar refractivity (Wildman–Crippen MR) is 76.3 cm³/mol. The number of amides is 1. The Hall–Kier alpha value is -2.16. The van der Waals surface area contributed by atoms with Crippen molar-refractivity contribution in [3.8, 4) is 0 Å². The van der Waals surface area contributed by atoms with Crippen LogP contribution in [0.15, 0.2) is 45.9 Å². The van der Waals surface area contributed by atoms with Crippen LogP contribution in [0.3, 0.4) is 0 Å². The van der Waals surface area contributed by atoms with E-state index in [2.05, 4.69) is 26.2 Å². The third kappa shape index (κ3) is 3.94. The van der Waals surface area contributed by atoms with E-state index in [1.54, 1.807) is 0 Å². The normalized spacial score (nSPS) is 11.3. The number of carbonyl (C=O) groups excluding carboxylic acids is 1. The Labute approximate surface area is 130 Å². The number of hydrogen-bond acceptors (Lipinski definition) is 3. The molecule has 2 rings (SSSR count). The molecule has 1 N–H and O–H groups in total. The van der Waals surface area contributed by atoms with Crippen LogP contribution >= 0.6 is 15.9 Å². The largest absolute Gasteiger partial charge is 0.417 e. The van der Waals surface area contributed by atoms with Gasteiger partial charge in [-0.25, -0.2) is 9.78 Å². The summed E-state index contributed by atoms with van der Waals surface area (Å²) in [7, 11) is 0. The van der Waals surface area contributed by atoms with Gasteiger partial charge < -0.3 is 5.32 Å². The predicted octanol–water partition coefficient (Wildman–Crippen LogP) is 2.66. The molecule has 0 aliphatic carbocycles. The fraction of sp³-hybridized carbons (Fsp3) is 0.154. The van der Waals surface area contributed by atoms with Crippen LogP contribution in [-0.2, 0) is 17.5 Å². The number of hydrogen-bond donors (Lipinski definition) is 1. The van der Waals surface area contributed by atoms with Gasteiger partial charge in [-0.3, -0.25) is 9.36 Å². The van der Waals surface area contributed by atoms with E-state index >= 15 is 0 Å². The molecule has 0 fully saturated rings. The van der Waals surface area contributed by atoms with Crippen molar-refractivity contribution < 1.29 is 18.0 Å². The average molecular weight is 376 g/mol. The number of anilines is 1. The molecule has 9 heteroatoms.